The van der Waals surface area contributed by atoms with Gasteiger partial charge in [-0.2, -0.15) is 0 Å². The molecule has 0 radical (unpaired) electrons. The first-order valence-electron chi connectivity index (χ1n) is 44.3. The highest BCUT2D eigenvalue weighted by atomic mass is 14.6. The number of aromatic nitrogens is 1. The minimum Gasteiger partial charge on any atom is -0.256 e. The van der Waals surface area contributed by atoms with Crippen LogP contribution in [0.2, 0.25) is 0 Å². The van der Waals surface area contributed by atoms with Crippen molar-refractivity contribution in [3.05, 3.63) is 452 Å². The summed E-state index contributed by atoms with van der Waals surface area (Å²) in [6.07, 6.45) is 1.86. The van der Waals surface area contributed by atoms with E-state index in [0.29, 0.717) is 41.4 Å². The minimum atomic E-state index is 0.529. The second-order valence-electron chi connectivity index (χ2n) is 34.7. The first-order valence-corrected chi connectivity index (χ1v) is 44.3. The Bertz CT molecular complexity index is 6790. The lowest BCUT2D eigenvalue weighted by molar-refractivity contribution is 0.867. The van der Waals surface area contributed by atoms with E-state index < -0.39 is 0 Å². The molecule has 123 heavy (non-hydrogen) atoms. The van der Waals surface area contributed by atoms with Crippen LogP contribution in [0.3, 0.4) is 0 Å². The van der Waals surface area contributed by atoms with Crippen LogP contribution in [0.1, 0.15) is 177 Å². The number of rotatable bonds is 11. The molecule has 0 unspecified atom stereocenters. The maximum absolute atomic E-state index is 4.40. The molecule has 1 heteroatoms. The summed E-state index contributed by atoms with van der Waals surface area (Å²) in [5, 5.41) is 22.4. The molecule has 610 valence electrons. The van der Waals surface area contributed by atoms with Crippen LogP contribution >= 0.6 is 0 Å². The number of pyridine rings is 1. The Morgan fingerprint density at radius 1 is 0.154 bits per heavy atom. The summed E-state index contributed by atoms with van der Waals surface area (Å²) in [6, 6.07) is 146. The third-order valence-electron chi connectivity index (χ3n) is 23.8. The summed E-state index contributed by atoms with van der Waals surface area (Å²) in [5.41, 5.74) is 21.3. The van der Waals surface area contributed by atoms with Crippen LogP contribution < -0.4 is 0 Å². The van der Waals surface area contributed by atoms with Crippen LogP contribution in [-0.4, -0.2) is 4.98 Å². The van der Waals surface area contributed by atoms with E-state index in [9.17, 15) is 0 Å². The van der Waals surface area contributed by atoms with Crippen molar-refractivity contribution in [1.82, 2.24) is 4.98 Å². The maximum Gasteiger partial charge on any atom is 0.0736 e. The summed E-state index contributed by atoms with van der Waals surface area (Å²) in [6.45, 7) is 31.2. The van der Waals surface area contributed by atoms with Gasteiger partial charge in [-0.05, 0) is 235 Å². The Morgan fingerprint density at radius 2 is 0.447 bits per heavy atom. The number of fused-ring (bicyclic) bond motifs is 9. The fourth-order valence-electron chi connectivity index (χ4n) is 16.6. The monoisotopic (exact) mass is 1600 g/mol. The standard InChI is InChI=1S/2C23H20.2C19H18.2C13H14.C12H13N/c1-16(2)18-14-15-23(22-12-6-5-11-20(18)22)21-13-7-9-17-8-3-4-10-19(17)21;1-16(2)18-8-10-22-15-23(12-11-20(22)13-18)21-9-7-17-5-3-4-6-19(17)14-21;1-14(2)15-10-12-17(13-11-15)19-9-5-7-16-6-3-4-8-18(16)19;1-14(2)15-7-9-17(10-8-15)19-12-11-16-5-3-4-6-18(16)13-19;1-10(2)12-9-5-7-11-6-3-4-8-13(11)12;1-10(2)12-8-7-11-5-3-4-6-13(11)9-12;1-9(2)11-7-3-5-10-6-4-8-13-12(10)11/h2*3-16H,1-2H3;2*3-14H,1-2H3;2*3-10H,1-2H3;3-9H,1-2H3. The molecule has 0 saturated carbocycles. The van der Waals surface area contributed by atoms with Gasteiger partial charge in [0.1, 0.15) is 0 Å². The van der Waals surface area contributed by atoms with Crippen molar-refractivity contribution >= 4 is 97.1 Å². The van der Waals surface area contributed by atoms with E-state index in [1.165, 1.54) is 175 Å². The van der Waals surface area contributed by atoms with Gasteiger partial charge in [0.05, 0.1) is 5.52 Å². The normalized spacial score (nSPS) is 11.2. The van der Waals surface area contributed by atoms with Crippen molar-refractivity contribution in [3.63, 3.8) is 0 Å². The van der Waals surface area contributed by atoms with Gasteiger partial charge in [-0.25, -0.2) is 0 Å². The average Bonchev–Trinajstić information content (AvgIpc) is 0.762. The van der Waals surface area contributed by atoms with E-state index >= 15 is 0 Å². The largest absolute Gasteiger partial charge is 0.256 e. The smallest absolute Gasteiger partial charge is 0.0736 e. The predicted octanol–water partition coefficient (Wildman–Crippen LogP) is 36.1. The molecule has 0 spiro atoms. The SMILES string of the molecule is CC(C)c1ccc(-c2ccc3ccccc3c2)cc1.CC(C)c1ccc(-c2cccc3ccccc23)c2ccccc12.CC(C)c1ccc(-c2cccc3ccccc23)cc1.CC(C)c1ccc2cc(-c3ccc4ccccc4c3)ccc2c1.CC(C)c1ccc2ccccc2c1.CC(C)c1cccc2ccccc12.CC(C)c1cccc2cccnc12. The molecule has 0 aliphatic rings. The van der Waals surface area contributed by atoms with Gasteiger partial charge in [0.15, 0.2) is 0 Å². The van der Waals surface area contributed by atoms with Crippen molar-refractivity contribution in [2.75, 3.05) is 0 Å². The van der Waals surface area contributed by atoms with E-state index in [2.05, 4.69) is 502 Å². The molecule has 19 aromatic carbocycles. The molecular weight excluding hydrogens is 1480 g/mol. The Labute approximate surface area is 731 Å². The van der Waals surface area contributed by atoms with E-state index in [-0.39, 0.29) is 0 Å². The lowest BCUT2D eigenvalue weighted by atomic mass is 9.89. The summed E-state index contributed by atoms with van der Waals surface area (Å²) >= 11 is 0. The van der Waals surface area contributed by atoms with Crippen LogP contribution in [-0.2, 0) is 0 Å². The van der Waals surface area contributed by atoms with Gasteiger partial charge in [0.25, 0.3) is 0 Å². The number of nitrogens with zero attached hydrogens (tertiary/aromatic N) is 1. The van der Waals surface area contributed by atoms with Gasteiger partial charge >= 0.3 is 0 Å². The second-order valence-corrected chi connectivity index (χ2v) is 34.7. The molecule has 1 heterocycles. The maximum atomic E-state index is 4.40. The minimum absolute atomic E-state index is 0.529. The number of hydrogen-bond acceptors (Lipinski definition) is 1. The number of para-hydroxylation sites is 1. The van der Waals surface area contributed by atoms with Gasteiger partial charge < -0.3 is 0 Å². The lowest BCUT2D eigenvalue weighted by Crippen LogP contribution is -1.92. The molecule has 0 fully saturated rings. The van der Waals surface area contributed by atoms with Crippen molar-refractivity contribution in [2.24, 2.45) is 0 Å². The van der Waals surface area contributed by atoms with Crippen LogP contribution in [0.4, 0.5) is 0 Å². The predicted molar refractivity (Wildman–Crippen MR) is 541 cm³/mol. The summed E-state index contributed by atoms with van der Waals surface area (Å²) in [4.78, 5) is 4.40. The molecule has 0 aliphatic heterocycles. The zero-order valence-corrected chi connectivity index (χ0v) is 74.2. The molecule has 1 nitrogen and oxygen atoms in total. The average molecular weight is 1600 g/mol. The molecule has 1 aromatic heterocycles. The highest BCUT2D eigenvalue weighted by molar-refractivity contribution is 6.07. The van der Waals surface area contributed by atoms with E-state index in [1.54, 1.807) is 0 Å². The highest BCUT2D eigenvalue weighted by Crippen LogP contribution is 2.39. The van der Waals surface area contributed by atoms with Crippen LogP contribution in [0.25, 0.3) is 142 Å². The van der Waals surface area contributed by atoms with Crippen LogP contribution in [0.5, 0.6) is 0 Å². The number of benzene rings is 19. The molecule has 0 N–H and O–H groups in total. The molecule has 0 bridgehead atoms. The Balaban J connectivity index is 0.000000118. The quantitative estimate of drug-likeness (QED) is 0.126. The van der Waals surface area contributed by atoms with Gasteiger partial charge in [0, 0.05) is 11.6 Å². The molecule has 20 aromatic rings. The molecule has 0 saturated heterocycles. The topological polar surface area (TPSA) is 12.9 Å². The fourth-order valence-corrected chi connectivity index (χ4v) is 16.6. The summed E-state index contributed by atoms with van der Waals surface area (Å²) in [7, 11) is 0. The molecular formula is C122H117N. The molecule has 0 atom stereocenters. The molecule has 0 aliphatic carbocycles. The van der Waals surface area contributed by atoms with Crippen LogP contribution in [0.15, 0.2) is 413 Å². The fraction of sp³-hybridized carbons (Fsp3) is 0.172. The molecule has 0 amide bonds. The Hall–Kier alpha value is -13.3. The van der Waals surface area contributed by atoms with Gasteiger partial charge in [-0.1, -0.05) is 479 Å². The van der Waals surface area contributed by atoms with Gasteiger partial charge in [0.2, 0.25) is 0 Å². The van der Waals surface area contributed by atoms with Gasteiger partial charge in [-0.15, -0.1) is 0 Å². The third-order valence-corrected chi connectivity index (χ3v) is 23.8. The van der Waals surface area contributed by atoms with E-state index in [0.717, 1.165) is 5.52 Å². The summed E-state index contributed by atoms with van der Waals surface area (Å²) in [5.74, 6) is 4.03. The highest BCUT2D eigenvalue weighted by Gasteiger charge is 2.14. The van der Waals surface area contributed by atoms with E-state index in [1.807, 2.05) is 12.3 Å². The van der Waals surface area contributed by atoms with Crippen molar-refractivity contribution in [1.29, 1.82) is 0 Å². The third kappa shape index (κ3) is 21.3. The zero-order valence-electron chi connectivity index (χ0n) is 74.2. The van der Waals surface area contributed by atoms with Crippen molar-refractivity contribution < 1.29 is 0 Å². The van der Waals surface area contributed by atoms with Gasteiger partial charge in [-0.3, -0.25) is 4.98 Å². The van der Waals surface area contributed by atoms with Crippen molar-refractivity contribution in [3.8, 4) is 44.5 Å². The lowest BCUT2D eigenvalue weighted by Gasteiger charge is -2.15. The van der Waals surface area contributed by atoms with Crippen LogP contribution in [0, 0.1) is 0 Å². The van der Waals surface area contributed by atoms with Crippen molar-refractivity contribution in [2.45, 2.75) is 138 Å². The summed E-state index contributed by atoms with van der Waals surface area (Å²) < 4.78 is 0. The second kappa shape index (κ2) is 40.8. The first kappa shape index (κ1) is 86.1. The Kier molecular flexibility index (Phi) is 28.6. The van der Waals surface area contributed by atoms with E-state index in [4.69, 9.17) is 0 Å². The first-order chi connectivity index (χ1) is 59.8. The zero-order chi connectivity index (χ0) is 85.9. The number of hydrogen-bond donors (Lipinski definition) is 0. The Morgan fingerprint density at radius 3 is 0.935 bits per heavy atom. The molecule has 20 rings (SSSR count).